The quantitative estimate of drug-likeness (QED) is 0.117. The van der Waals surface area contributed by atoms with Gasteiger partial charge in [0.15, 0.2) is 5.78 Å². The Labute approximate surface area is 337 Å². The number of carbonyl (C=O) groups is 1. The van der Waals surface area contributed by atoms with Gasteiger partial charge in [-0.3, -0.25) is 9.69 Å². The third-order valence-electron chi connectivity index (χ3n) is 14.9. The molecule has 3 saturated carbocycles. The number of nitrogens with zero attached hydrogens (tertiary/aromatic N) is 1. The lowest BCUT2D eigenvalue weighted by Gasteiger charge is -2.71. The van der Waals surface area contributed by atoms with Gasteiger partial charge in [-0.1, -0.05) is 74.5 Å². The molecule has 0 aliphatic heterocycles. The van der Waals surface area contributed by atoms with Crippen LogP contribution in [-0.2, 0) is 17.9 Å². The number of hydrogen-bond donors (Lipinski definition) is 3. The molecule has 306 valence electrons. The zero-order chi connectivity index (χ0) is 40.4. The lowest BCUT2D eigenvalue weighted by Crippen LogP contribution is -2.67. The van der Waals surface area contributed by atoms with Crippen molar-refractivity contribution < 1.29 is 42.8 Å². The van der Waals surface area contributed by atoms with Crippen molar-refractivity contribution in [3.8, 4) is 5.75 Å². The van der Waals surface area contributed by atoms with Gasteiger partial charge in [0, 0.05) is 46.3 Å². The highest BCUT2D eigenvalue weighted by Gasteiger charge is 2.74. The SMILES string of the molecule is Cc1ccc(C(=O)C2=C[C@@]34C=C[C@@]25[C@@H]2CC[C@@](O)(CN(Cc6ccc(OC(F)(F)F)cc6)C[C@@H](O)COCc6ccccc6)[C@@]2(C)CC[C@@H]5[C@@]3(C)CCC(O)C4)s1. The lowest BCUT2D eigenvalue weighted by molar-refractivity contribution is -0.274. The molecular weight excluding hydrogens is 752 g/mol. The zero-order valence-electron chi connectivity index (χ0n) is 32.9. The highest BCUT2D eigenvalue weighted by atomic mass is 32.1. The van der Waals surface area contributed by atoms with E-state index in [1.165, 1.54) is 23.5 Å². The summed E-state index contributed by atoms with van der Waals surface area (Å²) in [6.45, 7) is 7.60. The Bertz CT molecular complexity index is 2020. The number of hydrogen-bond acceptors (Lipinski definition) is 8. The second-order valence-electron chi connectivity index (χ2n) is 18.1. The molecule has 9 rings (SSSR count). The fourth-order valence-corrected chi connectivity index (χ4v) is 13.0. The van der Waals surface area contributed by atoms with Gasteiger partial charge in [-0.2, -0.15) is 0 Å². The van der Waals surface area contributed by atoms with Crippen molar-refractivity contribution in [1.29, 1.82) is 0 Å². The largest absolute Gasteiger partial charge is 0.573 e. The second-order valence-corrected chi connectivity index (χ2v) is 19.4. The van der Waals surface area contributed by atoms with Crippen LogP contribution in [-0.4, -0.2) is 69.9 Å². The molecule has 0 amide bonds. The number of rotatable bonds is 13. The standard InChI is InChI=1S/C46H54F3NO6S/c1-30-9-14-37(57-30)40(53)36-24-43-21-22-45(36)38(41(43,2)18-15-33(51)23-43)16-19-42(3)39(45)17-20-44(42,54)29-50(25-31-10-12-35(13-11-31)56-46(47,48)49)26-34(52)28-55-27-32-7-5-4-6-8-32/h4-14,21-22,24,33-34,38-39,51-52,54H,15-20,23,25-29H2,1-3H3/t33?,34-,38-,39-,41-,42+,43+,44-,45-/m1/s1. The van der Waals surface area contributed by atoms with Gasteiger partial charge in [0.2, 0.25) is 0 Å². The maximum atomic E-state index is 14.8. The van der Waals surface area contributed by atoms with Crippen molar-refractivity contribution in [2.45, 2.75) is 103 Å². The summed E-state index contributed by atoms with van der Waals surface area (Å²) >= 11 is 1.51. The summed E-state index contributed by atoms with van der Waals surface area (Å²) in [7, 11) is 0. The molecule has 1 unspecified atom stereocenters. The van der Waals surface area contributed by atoms with Crippen LogP contribution in [0.5, 0.6) is 5.75 Å². The highest BCUT2D eigenvalue weighted by Crippen LogP contribution is 2.78. The molecule has 3 fully saturated rings. The summed E-state index contributed by atoms with van der Waals surface area (Å²) in [5.74, 6) is -0.169. The van der Waals surface area contributed by atoms with Gasteiger partial charge in [-0.05, 0) is 105 Å². The summed E-state index contributed by atoms with van der Waals surface area (Å²) in [6.07, 6.45) is 5.64. The Kier molecular flexibility index (Phi) is 10.5. The van der Waals surface area contributed by atoms with Crippen LogP contribution < -0.4 is 4.74 Å². The Morgan fingerprint density at radius 2 is 1.63 bits per heavy atom. The van der Waals surface area contributed by atoms with Gasteiger partial charge in [0.25, 0.3) is 0 Å². The maximum Gasteiger partial charge on any atom is 0.573 e. The number of halogens is 3. The number of aliphatic hydroxyl groups excluding tert-OH is 2. The topological polar surface area (TPSA) is 99.5 Å². The molecule has 3 aromatic rings. The van der Waals surface area contributed by atoms with Crippen molar-refractivity contribution in [2.24, 2.45) is 33.5 Å². The van der Waals surface area contributed by atoms with Crippen molar-refractivity contribution in [2.75, 3.05) is 19.7 Å². The number of alkyl halides is 3. The van der Waals surface area contributed by atoms with Crippen molar-refractivity contribution in [1.82, 2.24) is 4.90 Å². The number of carbonyl (C=O) groups excluding carboxylic acids is 1. The van der Waals surface area contributed by atoms with E-state index in [-0.39, 0.29) is 55.0 Å². The predicted octanol–water partition coefficient (Wildman–Crippen LogP) is 8.81. The van der Waals surface area contributed by atoms with Crippen LogP contribution in [0.2, 0.25) is 0 Å². The Morgan fingerprint density at radius 1 is 0.930 bits per heavy atom. The van der Waals surface area contributed by atoms with Gasteiger partial charge in [-0.25, -0.2) is 0 Å². The van der Waals surface area contributed by atoms with Crippen molar-refractivity contribution >= 4 is 17.1 Å². The fraction of sp³-hybridized carbons (Fsp3) is 0.543. The third-order valence-corrected chi connectivity index (χ3v) is 15.9. The van der Waals surface area contributed by atoms with E-state index in [1.807, 2.05) is 54.3 Å². The second kappa shape index (κ2) is 14.7. The van der Waals surface area contributed by atoms with E-state index < -0.39 is 40.4 Å². The lowest BCUT2D eigenvalue weighted by atomic mass is 9.32. The smallest absolute Gasteiger partial charge is 0.406 e. The number of aliphatic hydroxyl groups is 3. The number of aryl methyl sites for hydroxylation is 1. The fourth-order valence-electron chi connectivity index (χ4n) is 12.1. The van der Waals surface area contributed by atoms with E-state index in [0.717, 1.165) is 41.7 Å². The highest BCUT2D eigenvalue weighted by molar-refractivity contribution is 7.14. The molecule has 2 aromatic carbocycles. The van der Waals surface area contributed by atoms with E-state index in [4.69, 9.17) is 4.74 Å². The van der Waals surface area contributed by atoms with Crippen LogP contribution in [0.1, 0.15) is 84.5 Å². The normalized spacial score (nSPS) is 34.7. The van der Waals surface area contributed by atoms with Crippen molar-refractivity contribution in [3.63, 3.8) is 0 Å². The molecule has 1 aromatic heterocycles. The Balaban J connectivity index is 1.10. The van der Waals surface area contributed by atoms with Crippen LogP contribution in [0, 0.1) is 40.4 Å². The molecule has 3 N–H and O–H groups in total. The minimum atomic E-state index is -4.81. The van der Waals surface area contributed by atoms with E-state index in [2.05, 4.69) is 36.8 Å². The molecule has 11 heteroatoms. The first-order chi connectivity index (χ1) is 27.0. The molecule has 9 atom stereocenters. The molecule has 6 aliphatic rings. The van der Waals surface area contributed by atoms with Crippen LogP contribution >= 0.6 is 11.3 Å². The molecule has 7 nitrogen and oxygen atoms in total. The first-order valence-corrected chi connectivity index (χ1v) is 21.1. The summed E-state index contributed by atoms with van der Waals surface area (Å²) in [5, 5.41) is 35.5. The summed E-state index contributed by atoms with van der Waals surface area (Å²) in [5.41, 5.74) is -0.504. The van der Waals surface area contributed by atoms with Gasteiger partial charge in [0.1, 0.15) is 5.75 Å². The molecular formula is C46H54F3NO6S. The predicted molar refractivity (Wildman–Crippen MR) is 212 cm³/mol. The molecule has 1 heterocycles. The summed E-state index contributed by atoms with van der Waals surface area (Å²) in [4.78, 5) is 18.6. The number of benzene rings is 2. The van der Waals surface area contributed by atoms with Gasteiger partial charge < -0.3 is 24.8 Å². The van der Waals surface area contributed by atoms with Crippen LogP contribution in [0.3, 0.4) is 0 Å². The summed E-state index contributed by atoms with van der Waals surface area (Å²) in [6, 6.07) is 19.3. The van der Waals surface area contributed by atoms with Gasteiger partial charge in [-0.15, -0.1) is 24.5 Å². The summed E-state index contributed by atoms with van der Waals surface area (Å²) < 4.78 is 48.8. The van der Waals surface area contributed by atoms with E-state index >= 15 is 0 Å². The van der Waals surface area contributed by atoms with Gasteiger partial charge >= 0.3 is 6.36 Å². The molecule has 57 heavy (non-hydrogen) atoms. The minimum absolute atomic E-state index is 0.0434. The Morgan fingerprint density at radius 3 is 2.33 bits per heavy atom. The van der Waals surface area contributed by atoms with Crippen LogP contribution in [0.25, 0.3) is 0 Å². The van der Waals surface area contributed by atoms with Gasteiger partial charge in [0.05, 0.1) is 35.9 Å². The maximum absolute atomic E-state index is 14.8. The number of allylic oxidation sites excluding steroid dienone is 4. The Hall–Kier alpha value is -3.32. The van der Waals surface area contributed by atoms with Crippen molar-refractivity contribution in [3.05, 3.63) is 111 Å². The van der Waals surface area contributed by atoms with E-state index in [9.17, 15) is 33.3 Å². The molecule has 2 bridgehead atoms. The van der Waals surface area contributed by atoms with E-state index in [1.54, 1.807) is 12.1 Å². The molecule has 6 aliphatic carbocycles. The monoisotopic (exact) mass is 805 g/mol. The minimum Gasteiger partial charge on any atom is -0.406 e. The number of thiophene rings is 1. The third kappa shape index (κ3) is 7.04. The number of ether oxygens (including phenoxy) is 2. The molecule has 0 radical (unpaired) electrons. The average molecular weight is 806 g/mol. The van der Waals surface area contributed by atoms with Crippen LogP contribution in [0.15, 0.2) is 90.5 Å². The molecule has 0 saturated heterocycles. The van der Waals surface area contributed by atoms with E-state index in [0.29, 0.717) is 36.3 Å². The zero-order valence-corrected chi connectivity index (χ0v) is 33.7. The number of fused-ring (bicyclic) bond motifs is 1. The average Bonchev–Trinajstić information content (AvgIpc) is 3.71. The molecule has 2 spiro atoms. The number of ketones is 1. The first-order valence-electron chi connectivity index (χ1n) is 20.3. The number of Topliss-reactive ketones (excluding diaryl/α,β-unsaturated/α-hetero) is 1. The van der Waals surface area contributed by atoms with Crippen LogP contribution in [0.4, 0.5) is 13.2 Å². The first kappa shape index (κ1) is 40.5.